The molecular formula is C13H18N2O5S. The van der Waals surface area contributed by atoms with Crippen LogP contribution in [-0.4, -0.2) is 41.4 Å². The lowest BCUT2D eigenvalue weighted by atomic mass is 9.97. The number of piperidine rings is 1. The lowest BCUT2D eigenvalue weighted by Crippen LogP contribution is -2.48. The molecule has 0 amide bonds. The van der Waals surface area contributed by atoms with Gasteiger partial charge in [0.1, 0.15) is 0 Å². The maximum Gasteiger partial charge on any atom is 0.289 e. The van der Waals surface area contributed by atoms with Crippen molar-refractivity contribution >= 4 is 15.7 Å². The minimum Gasteiger partial charge on any atom is -0.389 e. The molecule has 0 saturated carbocycles. The Morgan fingerprint density at radius 2 is 2.10 bits per heavy atom. The lowest BCUT2D eigenvalue weighted by Gasteiger charge is -2.36. The van der Waals surface area contributed by atoms with Gasteiger partial charge in [0.05, 0.1) is 10.5 Å². The highest BCUT2D eigenvalue weighted by Crippen LogP contribution is 2.32. The first-order valence-corrected chi connectivity index (χ1v) is 8.06. The van der Waals surface area contributed by atoms with Gasteiger partial charge in [-0.05, 0) is 32.3 Å². The van der Waals surface area contributed by atoms with Crippen molar-refractivity contribution < 1.29 is 18.4 Å². The molecule has 0 radical (unpaired) electrons. The molecule has 7 nitrogen and oxygen atoms in total. The van der Waals surface area contributed by atoms with E-state index in [0.29, 0.717) is 18.4 Å². The Kier molecular flexibility index (Phi) is 4.05. The maximum atomic E-state index is 12.7. The molecule has 0 aliphatic carbocycles. The minimum absolute atomic E-state index is 0.0547. The molecule has 2 rings (SSSR count). The summed E-state index contributed by atoms with van der Waals surface area (Å²) in [5.41, 5.74) is -1.21. The fraction of sp³-hybridized carbons (Fsp3) is 0.538. The van der Waals surface area contributed by atoms with Crippen LogP contribution in [0.15, 0.2) is 23.1 Å². The molecule has 21 heavy (non-hydrogen) atoms. The number of β-amino-alcohol motifs (C(OH)–C–C–N with tert-alkyl or cyclic N) is 1. The van der Waals surface area contributed by atoms with Gasteiger partial charge in [-0.15, -0.1) is 0 Å². The summed E-state index contributed by atoms with van der Waals surface area (Å²) < 4.78 is 26.6. The zero-order valence-electron chi connectivity index (χ0n) is 11.9. The van der Waals surface area contributed by atoms with Crippen molar-refractivity contribution in [3.8, 4) is 0 Å². The second kappa shape index (κ2) is 5.36. The number of hydrogen-bond acceptors (Lipinski definition) is 5. The zero-order chi connectivity index (χ0) is 15.8. The Labute approximate surface area is 123 Å². The Morgan fingerprint density at radius 1 is 1.43 bits per heavy atom. The molecule has 0 bridgehead atoms. The number of rotatable bonds is 3. The van der Waals surface area contributed by atoms with Crippen molar-refractivity contribution in [3.63, 3.8) is 0 Å². The van der Waals surface area contributed by atoms with Crippen molar-refractivity contribution in [1.82, 2.24) is 4.31 Å². The van der Waals surface area contributed by atoms with Gasteiger partial charge in [0.2, 0.25) is 10.0 Å². The van der Waals surface area contributed by atoms with E-state index >= 15 is 0 Å². The molecule has 1 heterocycles. The Hall–Kier alpha value is -1.51. The van der Waals surface area contributed by atoms with Gasteiger partial charge in [-0.1, -0.05) is 12.1 Å². The van der Waals surface area contributed by atoms with Crippen molar-refractivity contribution in [2.45, 2.75) is 37.2 Å². The molecule has 1 fully saturated rings. The summed E-state index contributed by atoms with van der Waals surface area (Å²) in [6, 6.07) is 4.17. The van der Waals surface area contributed by atoms with Crippen molar-refractivity contribution in [3.05, 3.63) is 33.9 Å². The average molecular weight is 314 g/mol. The molecule has 1 unspecified atom stereocenters. The summed E-state index contributed by atoms with van der Waals surface area (Å²) in [6.45, 7) is 3.30. The topological polar surface area (TPSA) is 101 Å². The number of nitro groups is 1. The molecule has 1 aliphatic heterocycles. The SMILES string of the molecule is Cc1cccc([N+](=O)[O-])c1S(=O)(=O)N1CCCC(C)(O)C1. The van der Waals surface area contributed by atoms with Crippen molar-refractivity contribution in [2.75, 3.05) is 13.1 Å². The fourth-order valence-corrected chi connectivity index (χ4v) is 4.58. The molecular weight excluding hydrogens is 296 g/mol. The highest BCUT2D eigenvalue weighted by molar-refractivity contribution is 7.89. The average Bonchev–Trinajstić information content (AvgIpc) is 2.36. The second-order valence-electron chi connectivity index (χ2n) is 5.62. The van der Waals surface area contributed by atoms with E-state index in [9.17, 15) is 23.6 Å². The first-order chi connectivity index (χ1) is 9.65. The summed E-state index contributed by atoms with van der Waals surface area (Å²) in [5, 5.41) is 21.2. The number of hydrogen-bond donors (Lipinski definition) is 1. The van der Waals surface area contributed by atoms with Crippen molar-refractivity contribution in [1.29, 1.82) is 0 Å². The van der Waals surface area contributed by atoms with Gasteiger partial charge in [0.25, 0.3) is 5.69 Å². The second-order valence-corrected chi connectivity index (χ2v) is 7.49. The smallest absolute Gasteiger partial charge is 0.289 e. The van der Waals surface area contributed by atoms with E-state index in [-0.39, 0.29) is 18.0 Å². The maximum absolute atomic E-state index is 12.7. The van der Waals surface area contributed by atoms with Gasteiger partial charge in [-0.25, -0.2) is 8.42 Å². The van der Waals surface area contributed by atoms with Crippen molar-refractivity contribution in [2.24, 2.45) is 0 Å². The largest absolute Gasteiger partial charge is 0.389 e. The van der Waals surface area contributed by atoms with Crippen LogP contribution in [0.2, 0.25) is 0 Å². The first kappa shape index (κ1) is 15.9. The van der Waals surface area contributed by atoms with Crippen LogP contribution in [0, 0.1) is 17.0 Å². The molecule has 0 spiro atoms. The van der Waals surface area contributed by atoms with E-state index in [0.717, 1.165) is 4.31 Å². The predicted octanol–water partition coefficient (Wildman–Crippen LogP) is 1.44. The predicted molar refractivity (Wildman–Crippen MR) is 76.5 cm³/mol. The van der Waals surface area contributed by atoms with Gasteiger partial charge >= 0.3 is 0 Å². The third-order valence-electron chi connectivity index (χ3n) is 3.63. The first-order valence-electron chi connectivity index (χ1n) is 6.62. The quantitative estimate of drug-likeness (QED) is 0.672. The molecule has 1 atom stereocenters. The van der Waals surface area contributed by atoms with E-state index in [2.05, 4.69) is 0 Å². The molecule has 116 valence electrons. The molecule has 1 aliphatic rings. The molecule has 1 N–H and O–H groups in total. The summed E-state index contributed by atoms with van der Waals surface area (Å²) >= 11 is 0. The Balaban J connectivity index is 2.52. The van der Waals surface area contributed by atoms with Crippen LogP contribution in [-0.2, 0) is 10.0 Å². The number of aryl methyl sites for hydroxylation is 1. The Bertz CT molecular complexity index is 669. The van der Waals surface area contributed by atoms with Crippen LogP contribution in [0.25, 0.3) is 0 Å². The van der Waals surface area contributed by atoms with E-state index < -0.39 is 26.2 Å². The summed E-state index contributed by atoms with van der Waals surface area (Å²) in [4.78, 5) is 10.1. The summed E-state index contributed by atoms with van der Waals surface area (Å²) in [5.74, 6) is 0. The van der Waals surface area contributed by atoms with E-state index in [1.807, 2.05) is 0 Å². The number of nitrogens with zero attached hydrogens (tertiary/aromatic N) is 2. The minimum atomic E-state index is -4.01. The summed E-state index contributed by atoms with van der Waals surface area (Å²) in [6.07, 6.45) is 1.03. The fourth-order valence-electron chi connectivity index (χ4n) is 2.62. The van der Waals surface area contributed by atoms with E-state index in [1.54, 1.807) is 6.92 Å². The van der Waals surface area contributed by atoms with Gasteiger partial charge in [-0.2, -0.15) is 4.31 Å². The molecule has 8 heteroatoms. The highest BCUT2D eigenvalue weighted by Gasteiger charge is 2.39. The third-order valence-corrected chi connectivity index (χ3v) is 5.66. The standard InChI is InChI=1S/C13H18N2O5S/c1-10-5-3-6-11(15(17)18)12(10)21(19,20)14-8-4-7-13(2,16)9-14/h3,5-6,16H,4,7-9H2,1-2H3. The van der Waals surface area contributed by atoms with Gasteiger partial charge in [-0.3, -0.25) is 10.1 Å². The molecule has 1 aromatic rings. The van der Waals surface area contributed by atoms with Crippen LogP contribution in [0.4, 0.5) is 5.69 Å². The van der Waals surface area contributed by atoms with Crippen LogP contribution < -0.4 is 0 Å². The molecule has 1 aromatic carbocycles. The van der Waals surface area contributed by atoms with Gasteiger partial charge in [0, 0.05) is 19.2 Å². The molecule has 0 aromatic heterocycles. The number of nitro benzene ring substituents is 1. The number of sulfonamides is 1. The zero-order valence-corrected chi connectivity index (χ0v) is 12.8. The van der Waals surface area contributed by atoms with E-state index in [1.165, 1.54) is 25.1 Å². The van der Waals surface area contributed by atoms with Crippen LogP contribution in [0.5, 0.6) is 0 Å². The number of benzene rings is 1. The van der Waals surface area contributed by atoms with Gasteiger partial charge in [0.15, 0.2) is 4.90 Å². The van der Waals surface area contributed by atoms with E-state index in [4.69, 9.17) is 0 Å². The van der Waals surface area contributed by atoms with Crippen LogP contribution in [0.3, 0.4) is 0 Å². The lowest BCUT2D eigenvalue weighted by molar-refractivity contribution is -0.388. The monoisotopic (exact) mass is 314 g/mol. The third kappa shape index (κ3) is 3.07. The van der Waals surface area contributed by atoms with Gasteiger partial charge < -0.3 is 5.11 Å². The summed E-state index contributed by atoms with van der Waals surface area (Å²) in [7, 11) is -4.01. The normalized spacial score (nSPS) is 24.0. The Morgan fingerprint density at radius 3 is 2.67 bits per heavy atom. The highest BCUT2D eigenvalue weighted by atomic mass is 32.2. The number of aliphatic hydroxyl groups is 1. The van der Waals surface area contributed by atoms with Crippen LogP contribution in [0.1, 0.15) is 25.3 Å². The molecule has 1 saturated heterocycles. The van der Waals surface area contributed by atoms with Crippen LogP contribution >= 0.6 is 0 Å².